The number of anilines is 1. The molecule has 0 radical (unpaired) electrons. The van der Waals surface area contributed by atoms with Gasteiger partial charge in [-0.1, -0.05) is 0 Å². The van der Waals surface area contributed by atoms with Gasteiger partial charge in [0.05, 0.1) is 11.4 Å². The third-order valence-electron chi connectivity index (χ3n) is 2.92. The lowest BCUT2D eigenvalue weighted by Crippen LogP contribution is -2.34. The summed E-state index contributed by atoms with van der Waals surface area (Å²) in [6, 6.07) is 5.66. The number of carbonyl (C=O) groups is 1. The fourth-order valence-corrected chi connectivity index (χ4v) is 2.70. The second-order valence-corrected chi connectivity index (χ2v) is 5.17. The third kappa shape index (κ3) is 2.20. The smallest absolute Gasteiger partial charge is 0.265 e. The molecule has 0 fully saturated rings. The van der Waals surface area contributed by atoms with Crippen LogP contribution in [0.15, 0.2) is 23.6 Å². The molecule has 0 saturated heterocycles. The van der Waals surface area contributed by atoms with Gasteiger partial charge in [0.2, 0.25) is 0 Å². The van der Waals surface area contributed by atoms with E-state index in [2.05, 4.69) is 10.3 Å². The Kier molecular flexibility index (Phi) is 2.96. The zero-order chi connectivity index (χ0) is 13.4. The van der Waals surface area contributed by atoms with Crippen LogP contribution in [-0.2, 0) is 11.3 Å². The van der Waals surface area contributed by atoms with Crippen molar-refractivity contribution in [2.75, 3.05) is 5.32 Å². The number of hydrogen-bond donors (Lipinski definition) is 2. The van der Waals surface area contributed by atoms with Crippen LogP contribution in [-0.4, -0.2) is 17.0 Å². The van der Waals surface area contributed by atoms with Crippen LogP contribution in [0.25, 0.3) is 10.6 Å². The first kappa shape index (κ1) is 12.1. The van der Waals surface area contributed by atoms with Crippen molar-refractivity contribution in [3.63, 3.8) is 0 Å². The Labute approximate surface area is 114 Å². The minimum atomic E-state index is -0.456. The molecule has 1 aromatic heterocycles. The van der Waals surface area contributed by atoms with Gasteiger partial charge in [0, 0.05) is 17.5 Å². The molecule has 3 N–H and O–H groups in total. The Hall–Kier alpha value is -1.92. The maximum absolute atomic E-state index is 11.6. The van der Waals surface area contributed by atoms with Crippen LogP contribution in [0.2, 0.25) is 0 Å². The molecule has 6 heteroatoms. The number of rotatable bonds is 2. The van der Waals surface area contributed by atoms with Crippen molar-refractivity contribution in [2.45, 2.75) is 19.6 Å². The molecule has 1 unspecified atom stereocenters. The molecule has 1 aromatic carbocycles. The maximum Gasteiger partial charge on any atom is 0.265 e. The van der Waals surface area contributed by atoms with E-state index < -0.39 is 6.10 Å². The molecule has 98 valence electrons. The van der Waals surface area contributed by atoms with E-state index in [0.29, 0.717) is 18.0 Å². The van der Waals surface area contributed by atoms with Gasteiger partial charge in [0.25, 0.3) is 5.91 Å². The third-order valence-corrected chi connectivity index (χ3v) is 3.86. The summed E-state index contributed by atoms with van der Waals surface area (Å²) < 4.78 is 5.51. The molecule has 0 spiro atoms. The summed E-state index contributed by atoms with van der Waals surface area (Å²) in [6.07, 6.45) is -0.456. The molecule has 5 nitrogen and oxygen atoms in total. The predicted molar refractivity (Wildman–Crippen MR) is 74.2 cm³/mol. The fourth-order valence-electron chi connectivity index (χ4n) is 1.88. The summed E-state index contributed by atoms with van der Waals surface area (Å²) in [4.78, 5) is 16.0. The van der Waals surface area contributed by atoms with Crippen molar-refractivity contribution in [2.24, 2.45) is 5.73 Å². The summed E-state index contributed by atoms with van der Waals surface area (Å²) in [5.74, 6) is 0.554. The number of aromatic nitrogens is 1. The average Bonchev–Trinajstić information content (AvgIpc) is 2.88. The Bertz CT molecular complexity index is 639. The Balaban J connectivity index is 1.97. The monoisotopic (exact) mass is 275 g/mol. The second kappa shape index (κ2) is 4.64. The number of nitrogens with zero attached hydrogens (tertiary/aromatic N) is 1. The summed E-state index contributed by atoms with van der Waals surface area (Å²) in [6.45, 7) is 2.15. The topological polar surface area (TPSA) is 77.2 Å². The molecular formula is C13H13N3O2S. The number of nitrogens with two attached hydrogens (primary N) is 1. The van der Waals surface area contributed by atoms with E-state index in [0.717, 1.165) is 16.3 Å². The molecule has 1 aliphatic heterocycles. The lowest BCUT2D eigenvalue weighted by molar-refractivity contribution is -0.122. The van der Waals surface area contributed by atoms with Crippen molar-refractivity contribution >= 4 is 22.9 Å². The van der Waals surface area contributed by atoms with Gasteiger partial charge in [-0.05, 0) is 25.1 Å². The molecule has 0 saturated carbocycles. The van der Waals surface area contributed by atoms with Gasteiger partial charge in [-0.3, -0.25) is 4.79 Å². The van der Waals surface area contributed by atoms with E-state index in [-0.39, 0.29) is 5.91 Å². The van der Waals surface area contributed by atoms with E-state index in [9.17, 15) is 4.79 Å². The molecular weight excluding hydrogens is 262 g/mol. The number of fused-ring (bicyclic) bond motifs is 1. The van der Waals surface area contributed by atoms with Crippen molar-refractivity contribution < 1.29 is 9.53 Å². The van der Waals surface area contributed by atoms with E-state index in [1.807, 2.05) is 23.6 Å². The molecule has 1 atom stereocenters. The highest BCUT2D eigenvalue weighted by atomic mass is 32.1. The molecule has 0 aliphatic carbocycles. The summed E-state index contributed by atoms with van der Waals surface area (Å²) in [5, 5.41) is 5.65. The highest BCUT2D eigenvalue weighted by Gasteiger charge is 2.23. The lowest BCUT2D eigenvalue weighted by Gasteiger charge is -2.23. The van der Waals surface area contributed by atoms with E-state index in [1.165, 1.54) is 11.3 Å². The maximum atomic E-state index is 11.6. The first-order chi connectivity index (χ1) is 9.17. The zero-order valence-corrected chi connectivity index (χ0v) is 11.2. The van der Waals surface area contributed by atoms with Crippen LogP contribution >= 0.6 is 11.3 Å². The van der Waals surface area contributed by atoms with Gasteiger partial charge < -0.3 is 15.8 Å². The van der Waals surface area contributed by atoms with Crippen LogP contribution in [0.4, 0.5) is 5.69 Å². The highest BCUT2D eigenvalue weighted by Crippen LogP contribution is 2.34. The van der Waals surface area contributed by atoms with Crippen molar-refractivity contribution in [1.29, 1.82) is 0 Å². The summed E-state index contributed by atoms with van der Waals surface area (Å²) in [5.41, 5.74) is 8.05. The predicted octanol–water partition coefficient (Wildman–Crippen LogP) is 1.99. The zero-order valence-electron chi connectivity index (χ0n) is 10.3. The summed E-state index contributed by atoms with van der Waals surface area (Å²) in [7, 11) is 0. The van der Waals surface area contributed by atoms with Gasteiger partial charge in [-0.2, -0.15) is 0 Å². The molecule has 1 amide bonds. The Morgan fingerprint density at radius 2 is 2.37 bits per heavy atom. The van der Waals surface area contributed by atoms with Crippen LogP contribution in [0.5, 0.6) is 5.75 Å². The number of thiazole rings is 1. The van der Waals surface area contributed by atoms with E-state index in [1.54, 1.807) is 6.92 Å². The Morgan fingerprint density at radius 3 is 3.11 bits per heavy atom. The van der Waals surface area contributed by atoms with Crippen molar-refractivity contribution in [3.8, 4) is 16.3 Å². The molecule has 1 aliphatic rings. The molecule has 2 heterocycles. The van der Waals surface area contributed by atoms with Gasteiger partial charge >= 0.3 is 0 Å². The van der Waals surface area contributed by atoms with E-state index in [4.69, 9.17) is 10.5 Å². The molecule has 0 bridgehead atoms. The lowest BCUT2D eigenvalue weighted by atomic mass is 10.1. The van der Waals surface area contributed by atoms with Crippen LogP contribution in [0.3, 0.4) is 0 Å². The van der Waals surface area contributed by atoms with Gasteiger partial charge in [-0.15, -0.1) is 11.3 Å². The molecule has 2 aromatic rings. The number of carbonyl (C=O) groups excluding carboxylic acids is 1. The largest absolute Gasteiger partial charge is 0.479 e. The van der Waals surface area contributed by atoms with Gasteiger partial charge in [-0.25, -0.2) is 4.98 Å². The number of nitrogens with one attached hydrogen (secondary N) is 1. The average molecular weight is 275 g/mol. The normalized spacial score (nSPS) is 17.6. The van der Waals surface area contributed by atoms with E-state index >= 15 is 0 Å². The summed E-state index contributed by atoms with van der Waals surface area (Å²) >= 11 is 1.53. The minimum absolute atomic E-state index is 0.133. The van der Waals surface area contributed by atoms with Gasteiger partial charge in [0.1, 0.15) is 10.8 Å². The number of benzene rings is 1. The fraction of sp³-hybridized carbons (Fsp3) is 0.231. The Morgan fingerprint density at radius 1 is 1.53 bits per heavy atom. The first-order valence-corrected chi connectivity index (χ1v) is 6.82. The van der Waals surface area contributed by atoms with Crippen LogP contribution in [0, 0.1) is 0 Å². The molecule has 3 rings (SSSR count). The second-order valence-electron chi connectivity index (χ2n) is 4.31. The highest BCUT2D eigenvalue weighted by molar-refractivity contribution is 7.13. The number of hydrogen-bond acceptors (Lipinski definition) is 5. The van der Waals surface area contributed by atoms with Crippen molar-refractivity contribution in [3.05, 3.63) is 29.3 Å². The number of amides is 1. The minimum Gasteiger partial charge on any atom is -0.479 e. The number of ether oxygens (including phenoxy) is 1. The SMILES string of the molecule is CC1Oc2ccc(-c3nc(CN)cs3)cc2NC1=O. The van der Waals surface area contributed by atoms with Gasteiger partial charge in [0.15, 0.2) is 6.10 Å². The van der Waals surface area contributed by atoms with Crippen LogP contribution < -0.4 is 15.8 Å². The first-order valence-electron chi connectivity index (χ1n) is 5.94. The standard InChI is InChI=1S/C13H13N3O2S/c1-7-12(17)16-10-4-8(2-3-11(10)18-7)13-15-9(5-14)6-19-13/h2-4,6-7H,5,14H2,1H3,(H,16,17). The van der Waals surface area contributed by atoms with Crippen molar-refractivity contribution in [1.82, 2.24) is 4.98 Å². The van der Waals surface area contributed by atoms with Crippen LogP contribution in [0.1, 0.15) is 12.6 Å². The molecule has 19 heavy (non-hydrogen) atoms. The quantitative estimate of drug-likeness (QED) is 0.878.